The lowest BCUT2D eigenvalue weighted by atomic mass is 10.2. The first kappa shape index (κ1) is 14.7. The average molecular weight is 317 g/mol. The summed E-state index contributed by atoms with van der Waals surface area (Å²) in [6.07, 6.45) is 3.41. The van der Waals surface area contributed by atoms with E-state index in [1.54, 1.807) is 6.33 Å². The molecule has 1 aromatic carbocycles. The zero-order valence-electron chi connectivity index (χ0n) is 12.2. The maximum Gasteiger partial charge on any atom is 0.142 e. The smallest absolute Gasteiger partial charge is 0.142 e. The predicted octanol–water partition coefficient (Wildman–Crippen LogP) is 3.74. The number of hydrogen-bond donors (Lipinski definition) is 2. The van der Waals surface area contributed by atoms with E-state index in [0.29, 0.717) is 17.5 Å². The number of rotatable bonds is 6. The first-order valence-corrected chi connectivity index (χ1v) is 7.50. The van der Waals surface area contributed by atoms with Crippen LogP contribution in [0.5, 0.6) is 5.75 Å². The molecule has 1 unspecified atom stereocenters. The van der Waals surface area contributed by atoms with Crippen molar-refractivity contribution in [1.82, 2.24) is 15.0 Å². The van der Waals surface area contributed by atoms with Crippen LogP contribution < -0.4 is 10.1 Å². The van der Waals surface area contributed by atoms with Crippen LogP contribution in [0, 0.1) is 5.92 Å². The number of nitrogens with one attached hydrogen (secondary N) is 2. The van der Waals surface area contributed by atoms with Crippen molar-refractivity contribution in [1.29, 1.82) is 0 Å². The third-order valence-corrected chi connectivity index (χ3v) is 3.57. The summed E-state index contributed by atoms with van der Waals surface area (Å²) in [6.45, 7) is 3.51. The van der Waals surface area contributed by atoms with Crippen molar-refractivity contribution in [3.05, 3.63) is 47.9 Å². The van der Waals surface area contributed by atoms with Gasteiger partial charge >= 0.3 is 0 Å². The van der Waals surface area contributed by atoms with Gasteiger partial charge in [0.15, 0.2) is 0 Å². The fourth-order valence-electron chi connectivity index (χ4n) is 2.11. The molecule has 2 heterocycles. The van der Waals surface area contributed by atoms with Gasteiger partial charge in [0.25, 0.3) is 0 Å². The molecule has 3 rings (SSSR count). The quantitative estimate of drug-likeness (QED) is 0.727. The van der Waals surface area contributed by atoms with Crippen LogP contribution in [0.25, 0.3) is 11.0 Å². The first-order valence-electron chi connectivity index (χ1n) is 7.12. The van der Waals surface area contributed by atoms with E-state index in [1.165, 1.54) is 0 Å². The Balaban J connectivity index is 1.53. The number of halogens is 1. The third kappa shape index (κ3) is 3.49. The molecule has 6 heteroatoms. The number of aromatic nitrogens is 3. The van der Waals surface area contributed by atoms with Gasteiger partial charge in [-0.2, -0.15) is 0 Å². The van der Waals surface area contributed by atoms with Crippen LogP contribution in [0.2, 0.25) is 5.02 Å². The molecule has 0 aliphatic rings. The lowest BCUT2D eigenvalue weighted by Gasteiger charge is -2.14. The van der Waals surface area contributed by atoms with Gasteiger partial charge in [0.2, 0.25) is 0 Å². The van der Waals surface area contributed by atoms with Crippen molar-refractivity contribution >= 4 is 28.5 Å². The van der Waals surface area contributed by atoms with Crippen molar-refractivity contribution < 1.29 is 4.74 Å². The normalized spacial score (nSPS) is 12.3. The van der Waals surface area contributed by atoms with E-state index in [0.717, 1.165) is 29.1 Å². The number of anilines is 1. The van der Waals surface area contributed by atoms with E-state index in [2.05, 4.69) is 27.2 Å². The van der Waals surface area contributed by atoms with E-state index >= 15 is 0 Å². The SMILES string of the molecule is CC(CNc1ncnc2[nH]ccc12)COc1ccc(Cl)cc1. The molecule has 2 N–H and O–H groups in total. The summed E-state index contributed by atoms with van der Waals surface area (Å²) in [6, 6.07) is 9.35. The van der Waals surface area contributed by atoms with Gasteiger partial charge in [-0.25, -0.2) is 9.97 Å². The molecule has 2 aromatic heterocycles. The number of benzene rings is 1. The zero-order valence-corrected chi connectivity index (χ0v) is 13.0. The molecule has 22 heavy (non-hydrogen) atoms. The highest BCUT2D eigenvalue weighted by Crippen LogP contribution is 2.18. The Hall–Kier alpha value is -2.27. The van der Waals surface area contributed by atoms with Gasteiger partial charge in [-0.15, -0.1) is 0 Å². The Bertz CT molecular complexity index is 741. The largest absolute Gasteiger partial charge is 0.493 e. The minimum absolute atomic E-state index is 0.333. The monoisotopic (exact) mass is 316 g/mol. The maximum absolute atomic E-state index is 5.85. The van der Waals surface area contributed by atoms with Crippen molar-refractivity contribution in [2.45, 2.75) is 6.92 Å². The van der Waals surface area contributed by atoms with E-state index < -0.39 is 0 Å². The number of H-pyrrole nitrogens is 1. The van der Waals surface area contributed by atoms with Crippen molar-refractivity contribution in [3.63, 3.8) is 0 Å². The van der Waals surface area contributed by atoms with Crippen LogP contribution in [0.3, 0.4) is 0 Å². The number of ether oxygens (including phenoxy) is 1. The Labute approximate surface area is 133 Å². The minimum Gasteiger partial charge on any atom is -0.493 e. The minimum atomic E-state index is 0.333. The molecule has 1 atom stereocenters. The van der Waals surface area contributed by atoms with Gasteiger partial charge in [-0.1, -0.05) is 18.5 Å². The molecule has 114 valence electrons. The van der Waals surface area contributed by atoms with Gasteiger partial charge < -0.3 is 15.0 Å². The Kier molecular flexibility index (Phi) is 4.44. The highest BCUT2D eigenvalue weighted by molar-refractivity contribution is 6.30. The first-order chi connectivity index (χ1) is 10.7. The number of nitrogens with zero attached hydrogens (tertiary/aromatic N) is 2. The van der Waals surface area contributed by atoms with Gasteiger partial charge in [0.05, 0.1) is 12.0 Å². The summed E-state index contributed by atoms with van der Waals surface area (Å²) in [4.78, 5) is 11.5. The van der Waals surface area contributed by atoms with Crippen LogP contribution >= 0.6 is 11.6 Å². The second-order valence-corrected chi connectivity index (χ2v) is 5.65. The highest BCUT2D eigenvalue weighted by atomic mass is 35.5. The summed E-state index contributed by atoms with van der Waals surface area (Å²) < 4.78 is 5.75. The zero-order chi connectivity index (χ0) is 15.4. The lowest BCUT2D eigenvalue weighted by Crippen LogP contribution is -2.18. The number of hydrogen-bond acceptors (Lipinski definition) is 4. The number of aromatic amines is 1. The van der Waals surface area contributed by atoms with Crippen LogP contribution in [-0.2, 0) is 0 Å². The molecule has 0 aliphatic heterocycles. The van der Waals surface area contributed by atoms with Crippen molar-refractivity contribution in [2.75, 3.05) is 18.5 Å². The predicted molar refractivity (Wildman–Crippen MR) is 88.5 cm³/mol. The summed E-state index contributed by atoms with van der Waals surface area (Å²) in [7, 11) is 0. The molecular formula is C16H17ClN4O. The molecule has 0 aliphatic carbocycles. The van der Waals surface area contributed by atoms with Crippen molar-refractivity contribution in [3.8, 4) is 5.75 Å². The molecule has 0 radical (unpaired) electrons. The van der Waals surface area contributed by atoms with Crippen LogP contribution in [-0.4, -0.2) is 28.1 Å². The molecule has 0 saturated carbocycles. The lowest BCUT2D eigenvalue weighted by molar-refractivity contribution is 0.266. The van der Waals surface area contributed by atoms with E-state index in [1.807, 2.05) is 36.5 Å². The molecule has 0 fully saturated rings. The van der Waals surface area contributed by atoms with Gasteiger partial charge in [0.1, 0.15) is 23.5 Å². The summed E-state index contributed by atoms with van der Waals surface area (Å²) in [5.74, 6) is 2.00. The Morgan fingerprint density at radius 3 is 2.86 bits per heavy atom. The summed E-state index contributed by atoms with van der Waals surface area (Å²) in [5.41, 5.74) is 0.836. The fourth-order valence-corrected chi connectivity index (χ4v) is 2.24. The van der Waals surface area contributed by atoms with Crippen molar-refractivity contribution in [2.24, 2.45) is 5.92 Å². The molecule has 0 amide bonds. The van der Waals surface area contributed by atoms with Crippen LogP contribution in [0.4, 0.5) is 5.82 Å². The second kappa shape index (κ2) is 6.66. The fraction of sp³-hybridized carbons (Fsp3) is 0.250. The van der Waals surface area contributed by atoms with Gasteiger partial charge in [0, 0.05) is 23.7 Å². The van der Waals surface area contributed by atoms with Gasteiger partial charge in [-0.05, 0) is 30.3 Å². The molecule has 0 bridgehead atoms. The summed E-state index contributed by atoms with van der Waals surface area (Å²) >= 11 is 5.85. The van der Waals surface area contributed by atoms with Crippen LogP contribution in [0.1, 0.15) is 6.92 Å². The van der Waals surface area contributed by atoms with Gasteiger partial charge in [-0.3, -0.25) is 0 Å². The molecule has 3 aromatic rings. The van der Waals surface area contributed by atoms with E-state index in [9.17, 15) is 0 Å². The Morgan fingerprint density at radius 1 is 1.23 bits per heavy atom. The molecule has 0 spiro atoms. The molecule has 0 saturated heterocycles. The van der Waals surface area contributed by atoms with E-state index in [4.69, 9.17) is 16.3 Å². The third-order valence-electron chi connectivity index (χ3n) is 3.32. The highest BCUT2D eigenvalue weighted by Gasteiger charge is 2.07. The summed E-state index contributed by atoms with van der Waals surface area (Å²) in [5, 5.41) is 5.05. The Morgan fingerprint density at radius 2 is 2.05 bits per heavy atom. The molecular weight excluding hydrogens is 300 g/mol. The van der Waals surface area contributed by atoms with E-state index in [-0.39, 0.29) is 0 Å². The number of fused-ring (bicyclic) bond motifs is 1. The maximum atomic E-state index is 5.85. The standard InChI is InChI=1S/C16H17ClN4O/c1-11(9-22-13-4-2-12(17)3-5-13)8-19-16-14-6-7-18-15(14)20-10-21-16/h2-7,10-11H,8-9H2,1H3,(H2,18,19,20,21). The van der Waals surface area contributed by atoms with Crippen LogP contribution in [0.15, 0.2) is 42.9 Å². The topological polar surface area (TPSA) is 62.8 Å². The molecule has 5 nitrogen and oxygen atoms in total. The second-order valence-electron chi connectivity index (χ2n) is 5.21. The average Bonchev–Trinajstić information content (AvgIpc) is 3.01.